The van der Waals surface area contributed by atoms with Crippen LogP contribution in [-0.4, -0.2) is 5.11 Å². The molecule has 0 heterocycles. The third-order valence-electron chi connectivity index (χ3n) is 3.47. The number of benzene rings is 2. The van der Waals surface area contributed by atoms with E-state index in [1.165, 1.54) is 11.1 Å². The molecule has 3 rings (SSSR count). The van der Waals surface area contributed by atoms with Gasteiger partial charge in [0.15, 0.2) is 5.11 Å². The number of anilines is 1. The summed E-state index contributed by atoms with van der Waals surface area (Å²) in [4.78, 5) is 0. The SMILES string of the molecule is S=C(Nc1ccccc1)NC1CCc2ccccc21. The van der Waals surface area contributed by atoms with Crippen LogP contribution in [0, 0.1) is 0 Å². The first-order chi connectivity index (χ1) is 9.33. The Balaban J connectivity index is 1.65. The Morgan fingerprint density at radius 3 is 2.58 bits per heavy atom. The van der Waals surface area contributed by atoms with Crippen molar-refractivity contribution in [2.75, 3.05) is 5.32 Å². The zero-order valence-electron chi connectivity index (χ0n) is 10.6. The lowest BCUT2D eigenvalue weighted by atomic mass is 10.1. The Morgan fingerprint density at radius 1 is 1.00 bits per heavy atom. The number of hydrogen-bond donors (Lipinski definition) is 2. The second-order valence-corrected chi connectivity index (χ2v) is 5.16. The number of nitrogens with one attached hydrogen (secondary N) is 2. The maximum absolute atomic E-state index is 5.38. The third-order valence-corrected chi connectivity index (χ3v) is 3.69. The van der Waals surface area contributed by atoms with Crippen molar-refractivity contribution in [3.05, 3.63) is 65.7 Å². The van der Waals surface area contributed by atoms with Gasteiger partial charge in [-0.3, -0.25) is 0 Å². The molecular formula is C16H16N2S. The van der Waals surface area contributed by atoms with E-state index in [-0.39, 0.29) is 0 Å². The molecule has 19 heavy (non-hydrogen) atoms. The van der Waals surface area contributed by atoms with Gasteiger partial charge in [-0.25, -0.2) is 0 Å². The van der Waals surface area contributed by atoms with Crippen LogP contribution in [0.15, 0.2) is 54.6 Å². The van der Waals surface area contributed by atoms with Crippen LogP contribution in [0.3, 0.4) is 0 Å². The van der Waals surface area contributed by atoms with E-state index in [9.17, 15) is 0 Å². The van der Waals surface area contributed by atoms with Gasteiger partial charge in [-0.2, -0.15) is 0 Å². The Kier molecular flexibility index (Phi) is 3.47. The molecule has 0 bridgehead atoms. The molecule has 96 valence electrons. The van der Waals surface area contributed by atoms with Gasteiger partial charge in [-0.05, 0) is 48.3 Å². The second-order valence-electron chi connectivity index (χ2n) is 4.75. The summed E-state index contributed by atoms with van der Waals surface area (Å²) < 4.78 is 0. The Hall–Kier alpha value is -1.87. The van der Waals surface area contributed by atoms with Crippen molar-refractivity contribution in [1.82, 2.24) is 5.32 Å². The summed E-state index contributed by atoms with van der Waals surface area (Å²) in [6, 6.07) is 18.9. The predicted molar refractivity (Wildman–Crippen MR) is 83.3 cm³/mol. The molecule has 1 aliphatic carbocycles. The van der Waals surface area contributed by atoms with Crippen molar-refractivity contribution in [2.45, 2.75) is 18.9 Å². The molecule has 0 amide bonds. The molecule has 1 aliphatic rings. The van der Waals surface area contributed by atoms with Crippen LogP contribution in [0.25, 0.3) is 0 Å². The molecular weight excluding hydrogens is 252 g/mol. The summed E-state index contributed by atoms with van der Waals surface area (Å²) in [7, 11) is 0. The molecule has 0 radical (unpaired) electrons. The number of aryl methyl sites for hydroxylation is 1. The second kappa shape index (κ2) is 5.41. The summed E-state index contributed by atoms with van der Waals surface area (Å²) >= 11 is 5.38. The quantitative estimate of drug-likeness (QED) is 0.813. The maximum atomic E-state index is 5.38. The van der Waals surface area contributed by atoms with Crippen molar-refractivity contribution in [1.29, 1.82) is 0 Å². The highest BCUT2D eigenvalue weighted by atomic mass is 32.1. The van der Waals surface area contributed by atoms with E-state index < -0.39 is 0 Å². The Bertz CT molecular complexity index is 580. The first-order valence-electron chi connectivity index (χ1n) is 6.53. The molecule has 3 heteroatoms. The minimum absolute atomic E-state index is 0.333. The number of hydrogen-bond acceptors (Lipinski definition) is 1. The molecule has 0 saturated heterocycles. The van der Waals surface area contributed by atoms with Crippen LogP contribution in [0.1, 0.15) is 23.6 Å². The van der Waals surface area contributed by atoms with Crippen molar-refractivity contribution < 1.29 is 0 Å². The molecule has 2 N–H and O–H groups in total. The first kappa shape index (κ1) is 12.2. The largest absolute Gasteiger partial charge is 0.356 e. The summed E-state index contributed by atoms with van der Waals surface area (Å²) in [6.45, 7) is 0. The molecule has 0 fully saturated rings. The summed E-state index contributed by atoms with van der Waals surface area (Å²) in [5.41, 5.74) is 3.83. The molecule has 1 unspecified atom stereocenters. The highest BCUT2D eigenvalue weighted by Gasteiger charge is 2.22. The molecule has 0 aromatic heterocycles. The molecule has 2 nitrogen and oxygen atoms in total. The zero-order valence-corrected chi connectivity index (χ0v) is 11.4. The molecule has 1 atom stereocenters. The number of thiocarbonyl (C=S) groups is 1. The highest BCUT2D eigenvalue weighted by molar-refractivity contribution is 7.80. The minimum atomic E-state index is 0.333. The standard InChI is InChI=1S/C16H16N2S/c19-16(17-13-7-2-1-3-8-13)18-15-11-10-12-6-4-5-9-14(12)15/h1-9,15H,10-11H2,(H2,17,18,19). The zero-order chi connectivity index (χ0) is 13.1. The number of rotatable bonds is 2. The van der Waals surface area contributed by atoms with E-state index in [4.69, 9.17) is 12.2 Å². The fraction of sp³-hybridized carbons (Fsp3) is 0.188. The molecule has 0 saturated carbocycles. The smallest absolute Gasteiger partial charge is 0.171 e. The van der Waals surface area contributed by atoms with Crippen LogP contribution in [-0.2, 0) is 6.42 Å². The summed E-state index contributed by atoms with van der Waals surface area (Å²) in [6.07, 6.45) is 2.23. The van der Waals surface area contributed by atoms with Crippen LogP contribution in [0.4, 0.5) is 5.69 Å². The molecule has 2 aromatic carbocycles. The number of fused-ring (bicyclic) bond motifs is 1. The van der Waals surface area contributed by atoms with Gasteiger partial charge in [0.2, 0.25) is 0 Å². The normalized spacial score (nSPS) is 16.7. The lowest BCUT2D eigenvalue weighted by Gasteiger charge is -2.17. The van der Waals surface area contributed by atoms with Crippen LogP contribution in [0.5, 0.6) is 0 Å². The van der Waals surface area contributed by atoms with Crippen LogP contribution < -0.4 is 10.6 Å². The third kappa shape index (κ3) is 2.76. The highest BCUT2D eigenvalue weighted by Crippen LogP contribution is 2.30. The maximum Gasteiger partial charge on any atom is 0.171 e. The van der Waals surface area contributed by atoms with E-state index in [1.807, 2.05) is 30.3 Å². The molecule has 0 spiro atoms. The summed E-state index contributed by atoms with van der Waals surface area (Å²) in [5.74, 6) is 0. The first-order valence-corrected chi connectivity index (χ1v) is 6.94. The van der Waals surface area contributed by atoms with E-state index >= 15 is 0 Å². The van der Waals surface area contributed by atoms with Crippen LogP contribution in [0.2, 0.25) is 0 Å². The van der Waals surface area contributed by atoms with Crippen LogP contribution >= 0.6 is 12.2 Å². The van der Waals surface area contributed by atoms with Gasteiger partial charge in [0.05, 0.1) is 6.04 Å². The van der Waals surface area contributed by atoms with Gasteiger partial charge < -0.3 is 10.6 Å². The van der Waals surface area contributed by atoms with Gasteiger partial charge in [-0.15, -0.1) is 0 Å². The molecule has 0 aliphatic heterocycles. The fourth-order valence-electron chi connectivity index (χ4n) is 2.55. The van der Waals surface area contributed by atoms with E-state index in [0.29, 0.717) is 11.2 Å². The minimum Gasteiger partial charge on any atom is -0.356 e. The Morgan fingerprint density at radius 2 is 1.74 bits per heavy atom. The van der Waals surface area contributed by atoms with Crippen molar-refractivity contribution in [3.63, 3.8) is 0 Å². The van der Waals surface area contributed by atoms with Gasteiger partial charge in [0, 0.05) is 5.69 Å². The summed E-state index contributed by atoms with van der Waals surface area (Å²) in [5, 5.41) is 7.31. The Labute approximate surface area is 118 Å². The molecule has 2 aromatic rings. The van der Waals surface area contributed by atoms with E-state index in [1.54, 1.807) is 0 Å². The van der Waals surface area contributed by atoms with Gasteiger partial charge in [0.1, 0.15) is 0 Å². The van der Waals surface area contributed by atoms with Crippen molar-refractivity contribution in [3.8, 4) is 0 Å². The van der Waals surface area contributed by atoms with E-state index in [0.717, 1.165) is 18.5 Å². The van der Waals surface area contributed by atoms with Crippen molar-refractivity contribution >= 4 is 23.0 Å². The lowest BCUT2D eigenvalue weighted by Crippen LogP contribution is -2.31. The topological polar surface area (TPSA) is 24.1 Å². The monoisotopic (exact) mass is 268 g/mol. The lowest BCUT2D eigenvalue weighted by molar-refractivity contribution is 0.644. The average Bonchev–Trinajstić information content (AvgIpc) is 2.83. The predicted octanol–water partition coefficient (Wildman–Crippen LogP) is 3.66. The van der Waals surface area contributed by atoms with Gasteiger partial charge in [-0.1, -0.05) is 42.5 Å². The average molecular weight is 268 g/mol. The van der Waals surface area contributed by atoms with Crippen molar-refractivity contribution in [2.24, 2.45) is 0 Å². The fourth-order valence-corrected chi connectivity index (χ4v) is 2.81. The number of para-hydroxylation sites is 1. The van der Waals surface area contributed by atoms with E-state index in [2.05, 4.69) is 34.9 Å². The van der Waals surface area contributed by atoms with Gasteiger partial charge >= 0.3 is 0 Å². The van der Waals surface area contributed by atoms with Gasteiger partial charge in [0.25, 0.3) is 0 Å².